The molecule has 150 valence electrons. The molecule has 2 unspecified atom stereocenters. The Kier molecular flexibility index (Phi) is 6.20. The molecule has 8 heteroatoms. The molecule has 0 radical (unpaired) electrons. The number of rotatable bonds is 3. The largest absolute Gasteiger partial charge is 0.394 e. The highest BCUT2D eigenvalue weighted by molar-refractivity contribution is 6.31. The van der Waals surface area contributed by atoms with Crippen molar-refractivity contribution in [2.24, 2.45) is 0 Å². The Balaban J connectivity index is 1.62. The van der Waals surface area contributed by atoms with Crippen LogP contribution in [-0.2, 0) is 18.9 Å². The maximum absolute atomic E-state index is 10.7. The first-order valence-electron chi connectivity index (χ1n) is 8.94. The Hall–Kier alpha value is -1.22. The minimum Gasteiger partial charge on any atom is -0.394 e. The van der Waals surface area contributed by atoms with Gasteiger partial charge in [0, 0.05) is 21.2 Å². The molecule has 2 saturated heterocycles. The Bertz CT molecular complexity index is 773. The van der Waals surface area contributed by atoms with E-state index in [0.29, 0.717) is 21.2 Å². The number of hydrogen-bond donors (Lipinski definition) is 2. The average Bonchev–Trinajstić information content (AvgIpc) is 2.70. The molecule has 2 aliphatic rings. The van der Waals surface area contributed by atoms with E-state index in [1.54, 1.807) is 36.4 Å². The molecule has 2 fully saturated rings. The maximum Gasteiger partial charge on any atom is 0.186 e. The van der Waals surface area contributed by atoms with E-state index < -0.39 is 37.0 Å². The van der Waals surface area contributed by atoms with Crippen LogP contribution < -0.4 is 0 Å². The Morgan fingerprint density at radius 3 is 2.07 bits per heavy atom. The van der Waals surface area contributed by atoms with Crippen LogP contribution in [0.1, 0.15) is 23.7 Å². The minimum absolute atomic E-state index is 0.0516. The van der Waals surface area contributed by atoms with Crippen LogP contribution in [-0.4, -0.2) is 47.8 Å². The van der Waals surface area contributed by atoms with Crippen LogP contribution in [0.4, 0.5) is 0 Å². The molecule has 0 spiro atoms. The Labute approximate surface area is 172 Å². The molecule has 2 N–H and O–H groups in total. The minimum atomic E-state index is -1.04. The van der Waals surface area contributed by atoms with Crippen LogP contribution in [0.25, 0.3) is 0 Å². The van der Waals surface area contributed by atoms with Gasteiger partial charge in [-0.3, -0.25) is 0 Å². The van der Waals surface area contributed by atoms with E-state index in [1.165, 1.54) is 0 Å². The number of aliphatic hydroxyl groups excluding tert-OH is 2. The predicted octanol–water partition coefficient (Wildman–Crippen LogP) is 3.24. The van der Waals surface area contributed by atoms with E-state index in [1.807, 2.05) is 12.1 Å². The summed E-state index contributed by atoms with van der Waals surface area (Å²) in [5, 5.41) is 21.5. The zero-order chi connectivity index (χ0) is 19.7. The van der Waals surface area contributed by atoms with Gasteiger partial charge >= 0.3 is 0 Å². The summed E-state index contributed by atoms with van der Waals surface area (Å²) in [5.74, 6) is 0. The fourth-order valence-corrected chi connectivity index (χ4v) is 3.85. The van der Waals surface area contributed by atoms with E-state index in [2.05, 4.69) is 0 Å². The summed E-state index contributed by atoms with van der Waals surface area (Å²) in [6.07, 6.45) is -5.06. The molecule has 28 heavy (non-hydrogen) atoms. The van der Waals surface area contributed by atoms with E-state index in [-0.39, 0.29) is 13.2 Å². The molecule has 2 aliphatic heterocycles. The predicted molar refractivity (Wildman–Crippen MR) is 102 cm³/mol. The number of fused-ring (bicyclic) bond motifs is 2. The van der Waals surface area contributed by atoms with Crippen molar-refractivity contribution in [3.63, 3.8) is 0 Å². The Morgan fingerprint density at radius 1 is 0.857 bits per heavy atom. The lowest BCUT2D eigenvalue weighted by Crippen LogP contribution is -2.57. The summed E-state index contributed by atoms with van der Waals surface area (Å²) in [4.78, 5) is 0. The van der Waals surface area contributed by atoms with Crippen molar-refractivity contribution in [2.75, 3.05) is 13.2 Å². The standard InChI is InChI=1S/C20H20Cl2O6/c21-13-7-3-1-5-11(13)19-25-10-16-17(24)18(15(9-23)26-19)28-20(27-16)12-6-2-4-8-14(12)22/h1-8,15-20,23-24H,9-10H2/t15-,16+,17-,18-,19?,20?/m1/s1. The summed E-state index contributed by atoms with van der Waals surface area (Å²) in [6.45, 7) is -0.329. The molecule has 6 nitrogen and oxygen atoms in total. The van der Waals surface area contributed by atoms with Crippen molar-refractivity contribution in [3.05, 3.63) is 69.7 Å². The van der Waals surface area contributed by atoms with E-state index in [9.17, 15) is 10.2 Å². The van der Waals surface area contributed by atoms with Crippen LogP contribution in [0.15, 0.2) is 48.5 Å². The van der Waals surface area contributed by atoms with E-state index >= 15 is 0 Å². The van der Waals surface area contributed by atoms with Gasteiger partial charge in [0.25, 0.3) is 0 Å². The fourth-order valence-electron chi connectivity index (χ4n) is 3.40. The fraction of sp³-hybridized carbons (Fsp3) is 0.400. The van der Waals surface area contributed by atoms with Gasteiger partial charge in [-0.15, -0.1) is 0 Å². The van der Waals surface area contributed by atoms with Gasteiger partial charge in [-0.2, -0.15) is 0 Å². The second-order valence-electron chi connectivity index (χ2n) is 6.66. The molecule has 0 amide bonds. The van der Waals surface area contributed by atoms with Gasteiger partial charge < -0.3 is 29.2 Å². The highest BCUT2D eigenvalue weighted by Crippen LogP contribution is 2.39. The third-order valence-electron chi connectivity index (χ3n) is 4.87. The van der Waals surface area contributed by atoms with Gasteiger partial charge in [-0.25, -0.2) is 0 Å². The highest BCUT2D eigenvalue weighted by Gasteiger charge is 2.46. The van der Waals surface area contributed by atoms with Crippen LogP contribution in [0.5, 0.6) is 0 Å². The monoisotopic (exact) mass is 426 g/mol. The molecule has 0 aliphatic carbocycles. The quantitative estimate of drug-likeness (QED) is 0.784. The lowest BCUT2D eigenvalue weighted by atomic mass is 10.00. The highest BCUT2D eigenvalue weighted by atomic mass is 35.5. The molecule has 6 atom stereocenters. The second kappa shape index (κ2) is 8.65. The first-order valence-corrected chi connectivity index (χ1v) is 9.70. The summed E-state index contributed by atoms with van der Waals surface area (Å²) >= 11 is 12.5. The molecule has 2 aromatic rings. The van der Waals surface area contributed by atoms with Gasteiger partial charge in [0.15, 0.2) is 12.6 Å². The van der Waals surface area contributed by atoms with E-state index in [4.69, 9.17) is 42.1 Å². The van der Waals surface area contributed by atoms with Gasteiger partial charge in [-0.1, -0.05) is 59.6 Å². The number of hydrogen-bond acceptors (Lipinski definition) is 6. The summed E-state index contributed by atoms with van der Waals surface area (Å²) in [7, 11) is 0. The van der Waals surface area contributed by atoms with Gasteiger partial charge in [-0.05, 0) is 12.1 Å². The van der Waals surface area contributed by atoms with Crippen molar-refractivity contribution < 1.29 is 29.2 Å². The molecule has 4 rings (SSSR count). The van der Waals surface area contributed by atoms with Crippen molar-refractivity contribution in [3.8, 4) is 0 Å². The van der Waals surface area contributed by atoms with Crippen molar-refractivity contribution in [1.29, 1.82) is 0 Å². The molecule has 2 aromatic carbocycles. The second-order valence-corrected chi connectivity index (χ2v) is 7.48. The Morgan fingerprint density at radius 2 is 1.46 bits per heavy atom. The van der Waals surface area contributed by atoms with Crippen molar-refractivity contribution in [1.82, 2.24) is 0 Å². The number of ether oxygens (including phenoxy) is 4. The smallest absolute Gasteiger partial charge is 0.186 e. The van der Waals surface area contributed by atoms with Crippen LogP contribution in [0.3, 0.4) is 0 Å². The van der Waals surface area contributed by atoms with Crippen molar-refractivity contribution >= 4 is 23.2 Å². The van der Waals surface area contributed by atoms with Crippen LogP contribution in [0, 0.1) is 0 Å². The molecule has 2 heterocycles. The summed E-state index contributed by atoms with van der Waals surface area (Å²) in [5.41, 5.74) is 1.26. The molecular weight excluding hydrogens is 407 g/mol. The number of aliphatic hydroxyl groups is 2. The zero-order valence-corrected chi connectivity index (χ0v) is 16.3. The normalized spacial score (nSPS) is 33.1. The lowest BCUT2D eigenvalue weighted by Gasteiger charge is -2.45. The van der Waals surface area contributed by atoms with Gasteiger partial charge in [0.2, 0.25) is 0 Å². The molecule has 2 bridgehead atoms. The summed E-state index contributed by atoms with van der Waals surface area (Å²) in [6, 6.07) is 14.3. The SMILES string of the molecule is OC[C@H]1OC(c2ccccc2Cl)OC[C@@H]2OC(c3ccccc3Cl)O[C@H]1[C@@H]2O. The zero-order valence-electron chi connectivity index (χ0n) is 14.8. The topological polar surface area (TPSA) is 77.4 Å². The average molecular weight is 427 g/mol. The third-order valence-corrected chi connectivity index (χ3v) is 5.56. The molecular formula is C20H20Cl2O6. The summed E-state index contributed by atoms with van der Waals surface area (Å²) < 4.78 is 23.7. The van der Waals surface area contributed by atoms with Crippen LogP contribution in [0.2, 0.25) is 10.0 Å². The van der Waals surface area contributed by atoms with E-state index in [0.717, 1.165) is 0 Å². The first kappa shape index (κ1) is 20.1. The van der Waals surface area contributed by atoms with Crippen molar-refractivity contribution in [2.45, 2.75) is 37.0 Å². The number of halogens is 2. The first-order chi connectivity index (χ1) is 13.6. The maximum atomic E-state index is 10.7. The van der Waals surface area contributed by atoms with Gasteiger partial charge in [0.1, 0.15) is 24.4 Å². The molecule has 0 saturated carbocycles. The van der Waals surface area contributed by atoms with Gasteiger partial charge in [0.05, 0.1) is 13.2 Å². The number of benzene rings is 2. The third kappa shape index (κ3) is 3.92. The lowest BCUT2D eigenvalue weighted by molar-refractivity contribution is -0.352. The molecule has 0 aromatic heterocycles. The van der Waals surface area contributed by atoms with Crippen LogP contribution >= 0.6 is 23.2 Å².